The van der Waals surface area contributed by atoms with Crippen molar-refractivity contribution < 1.29 is 0 Å². The maximum atomic E-state index is 2.35. The molecule has 0 rings (SSSR count). The minimum atomic E-state index is 1.04. The first-order valence-corrected chi connectivity index (χ1v) is 15.3. The third-order valence-corrected chi connectivity index (χ3v) is 7.40. The van der Waals surface area contributed by atoms with E-state index in [9.17, 15) is 0 Å². The second kappa shape index (κ2) is 28.0. The smallest absolute Gasteiger partial charge is 0.0414 e. The molecule has 0 nitrogen and oxygen atoms in total. The van der Waals surface area contributed by atoms with Crippen molar-refractivity contribution in [3.63, 3.8) is 0 Å². The molecule has 0 spiro atoms. The summed E-state index contributed by atoms with van der Waals surface area (Å²) in [6, 6.07) is 0. The van der Waals surface area contributed by atoms with Crippen molar-refractivity contribution in [2.24, 2.45) is 5.92 Å². The van der Waals surface area contributed by atoms with Crippen LogP contribution in [0.4, 0.5) is 0 Å². The zero-order valence-corrected chi connectivity index (χ0v) is 22.7. The van der Waals surface area contributed by atoms with Crippen LogP contribution in [-0.4, -0.2) is 0 Å². The quantitative estimate of drug-likeness (QED) is 0.112. The van der Waals surface area contributed by atoms with E-state index in [-0.39, 0.29) is 0 Å². The Hall–Kier alpha value is 0. The van der Waals surface area contributed by atoms with E-state index >= 15 is 0 Å². The predicted molar refractivity (Wildman–Crippen MR) is 145 cm³/mol. The first kappa shape index (κ1) is 31.0. The molecule has 1 unspecified atom stereocenters. The van der Waals surface area contributed by atoms with Gasteiger partial charge >= 0.3 is 0 Å². The molecule has 0 saturated carbocycles. The third kappa shape index (κ3) is 26.1. The monoisotopic (exact) mass is 437 g/mol. The van der Waals surface area contributed by atoms with Gasteiger partial charge in [-0.15, -0.1) is 0 Å². The number of hydrogen-bond donors (Lipinski definition) is 0. The molecule has 188 valence electrons. The van der Waals surface area contributed by atoms with E-state index in [0.717, 1.165) is 5.92 Å². The van der Waals surface area contributed by atoms with Crippen molar-refractivity contribution in [2.75, 3.05) is 0 Å². The molecule has 0 bridgehead atoms. The van der Waals surface area contributed by atoms with Crippen LogP contribution in [0.2, 0.25) is 0 Å². The Kier molecular flexibility index (Phi) is 28.0. The SMILES string of the molecule is CCCCCCCCCCCCCCC(CCCCC)CCCCCCCCCCC. The molecular weight excluding hydrogens is 372 g/mol. The van der Waals surface area contributed by atoms with Crippen LogP contribution in [0.25, 0.3) is 0 Å². The summed E-state index contributed by atoms with van der Waals surface area (Å²) in [5.41, 5.74) is 0. The number of rotatable bonds is 27. The van der Waals surface area contributed by atoms with E-state index in [0.29, 0.717) is 0 Å². The van der Waals surface area contributed by atoms with Gasteiger partial charge in [0, 0.05) is 0 Å². The zero-order valence-electron chi connectivity index (χ0n) is 22.7. The van der Waals surface area contributed by atoms with Crippen molar-refractivity contribution in [1.29, 1.82) is 0 Å². The lowest BCUT2D eigenvalue weighted by Gasteiger charge is -2.17. The van der Waals surface area contributed by atoms with Gasteiger partial charge in [0.15, 0.2) is 0 Å². The maximum absolute atomic E-state index is 2.35. The molecule has 0 aliphatic rings. The van der Waals surface area contributed by atoms with Crippen molar-refractivity contribution in [3.8, 4) is 0 Å². The summed E-state index contributed by atoms with van der Waals surface area (Å²) >= 11 is 0. The Morgan fingerprint density at radius 2 is 0.452 bits per heavy atom. The molecule has 0 amide bonds. The molecule has 0 radical (unpaired) electrons. The Balaban J connectivity index is 3.59. The van der Waals surface area contributed by atoms with E-state index < -0.39 is 0 Å². The molecular formula is C31H64. The number of hydrogen-bond acceptors (Lipinski definition) is 0. The summed E-state index contributed by atoms with van der Waals surface area (Å²) in [5.74, 6) is 1.04. The van der Waals surface area contributed by atoms with Gasteiger partial charge in [0.2, 0.25) is 0 Å². The molecule has 31 heavy (non-hydrogen) atoms. The maximum Gasteiger partial charge on any atom is -0.0414 e. The normalized spacial score (nSPS) is 12.5. The third-order valence-electron chi connectivity index (χ3n) is 7.40. The molecule has 0 saturated heterocycles. The highest BCUT2D eigenvalue weighted by Gasteiger charge is 2.08. The van der Waals surface area contributed by atoms with E-state index in [4.69, 9.17) is 0 Å². The highest BCUT2D eigenvalue weighted by molar-refractivity contribution is 4.62. The summed E-state index contributed by atoms with van der Waals surface area (Å²) in [7, 11) is 0. The standard InChI is InChI=1S/C31H64/c1-4-7-10-12-14-16-17-18-20-22-24-27-30-31(28-25-9-6-3)29-26-23-21-19-15-13-11-8-5-2/h31H,4-30H2,1-3H3. The van der Waals surface area contributed by atoms with Gasteiger partial charge in [-0.3, -0.25) is 0 Å². The fraction of sp³-hybridized carbons (Fsp3) is 1.00. The average Bonchev–Trinajstić information content (AvgIpc) is 2.78. The molecule has 0 heteroatoms. The fourth-order valence-electron chi connectivity index (χ4n) is 5.13. The van der Waals surface area contributed by atoms with Crippen LogP contribution < -0.4 is 0 Å². The van der Waals surface area contributed by atoms with Gasteiger partial charge in [-0.05, 0) is 5.92 Å². The Bertz CT molecular complexity index is 294. The van der Waals surface area contributed by atoms with Crippen LogP contribution in [0.3, 0.4) is 0 Å². The molecule has 0 aliphatic heterocycles. The minimum absolute atomic E-state index is 1.04. The van der Waals surface area contributed by atoms with Crippen LogP contribution in [0.5, 0.6) is 0 Å². The summed E-state index contributed by atoms with van der Waals surface area (Å²) < 4.78 is 0. The van der Waals surface area contributed by atoms with Gasteiger partial charge in [0.05, 0.1) is 0 Å². The van der Waals surface area contributed by atoms with Crippen LogP contribution >= 0.6 is 0 Å². The second-order valence-electron chi connectivity index (χ2n) is 10.7. The highest BCUT2D eigenvalue weighted by Crippen LogP contribution is 2.24. The van der Waals surface area contributed by atoms with E-state index in [1.165, 1.54) is 173 Å². The largest absolute Gasteiger partial charge is 0.0654 e. The summed E-state index contributed by atoms with van der Waals surface area (Å²) in [6.45, 7) is 6.97. The molecule has 0 aliphatic carbocycles. The molecule has 0 heterocycles. The van der Waals surface area contributed by atoms with Crippen molar-refractivity contribution in [1.82, 2.24) is 0 Å². The summed E-state index contributed by atoms with van der Waals surface area (Å²) in [6.07, 6.45) is 39.8. The lowest BCUT2D eigenvalue weighted by Crippen LogP contribution is -2.01. The molecule has 0 aromatic carbocycles. The first-order chi connectivity index (χ1) is 15.3. The lowest BCUT2D eigenvalue weighted by molar-refractivity contribution is 0.367. The van der Waals surface area contributed by atoms with Gasteiger partial charge in [0.25, 0.3) is 0 Å². The lowest BCUT2D eigenvalue weighted by atomic mass is 9.89. The summed E-state index contributed by atoms with van der Waals surface area (Å²) in [4.78, 5) is 0. The van der Waals surface area contributed by atoms with E-state index in [1.807, 2.05) is 0 Å². The molecule has 0 aromatic rings. The minimum Gasteiger partial charge on any atom is -0.0654 e. The fourth-order valence-corrected chi connectivity index (χ4v) is 5.13. The molecule has 0 fully saturated rings. The van der Waals surface area contributed by atoms with Gasteiger partial charge in [-0.2, -0.15) is 0 Å². The average molecular weight is 437 g/mol. The zero-order chi connectivity index (χ0) is 22.7. The molecule has 0 aromatic heterocycles. The van der Waals surface area contributed by atoms with Crippen molar-refractivity contribution in [2.45, 2.75) is 194 Å². The van der Waals surface area contributed by atoms with Gasteiger partial charge in [-0.25, -0.2) is 0 Å². The van der Waals surface area contributed by atoms with E-state index in [2.05, 4.69) is 20.8 Å². The highest BCUT2D eigenvalue weighted by atomic mass is 14.1. The van der Waals surface area contributed by atoms with Crippen LogP contribution in [0.15, 0.2) is 0 Å². The molecule has 1 atom stereocenters. The Labute approximate surface area is 200 Å². The Morgan fingerprint density at radius 1 is 0.258 bits per heavy atom. The summed E-state index contributed by atoms with van der Waals surface area (Å²) in [5, 5.41) is 0. The van der Waals surface area contributed by atoms with Crippen LogP contribution in [-0.2, 0) is 0 Å². The van der Waals surface area contributed by atoms with Crippen molar-refractivity contribution in [3.05, 3.63) is 0 Å². The molecule has 0 N–H and O–H groups in total. The van der Waals surface area contributed by atoms with Gasteiger partial charge in [-0.1, -0.05) is 194 Å². The number of unbranched alkanes of at least 4 members (excludes halogenated alkanes) is 21. The van der Waals surface area contributed by atoms with Crippen LogP contribution in [0.1, 0.15) is 194 Å². The predicted octanol–water partition coefficient (Wildman–Crippen LogP) is 12.2. The van der Waals surface area contributed by atoms with Gasteiger partial charge < -0.3 is 0 Å². The first-order valence-electron chi connectivity index (χ1n) is 15.3. The van der Waals surface area contributed by atoms with Crippen LogP contribution in [0, 0.1) is 5.92 Å². The van der Waals surface area contributed by atoms with E-state index in [1.54, 1.807) is 0 Å². The van der Waals surface area contributed by atoms with Gasteiger partial charge in [0.1, 0.15) is 0 Å². The Morgan fingerprint density at radius 3 is 0.742 bits per heavy atom. The topological polar surface area (TPSA) is 0 Å². The second-order valence-corrected chi connectivity index (χ2v) is 10.7. The van der Waals surface area contributed by atoms with Crippen molar-refractivity contribution >= 4 is 0 Å².